The summed E-state index contributed by atoms with van der Waals surface area (Å²) in [7, 11) is 0. The fraction of sp³-hybridized carbons (Fsp3) is 0.529. The average molecular weight is 529 g/mol. The van der Waals surface area contributed by atoms with E-state index < -0.39 is 11.9 Å². The largest absolute Gasteiger partial charge is 0.492 e. The van der Waals surface area contributed by atoms with E-state index in [1.807, 2.05) is 12.1 Å². The lowest BCUT2D eigenvalue weighted by Gasteiger charge is -2.56. The third-order valence-electron chi connectivity index (χ3n) is 10.8. The molecular formula is C34H40O5. The zero-order valence-electron chi connectivity index (χ0n) is 23.5. The first-order valence-corrected chi connectivity index (χ1v) is 14.6. The fourth-order valence-corrected chi connectivity index (χ4v) is 8.46. The topological polar surface area (TPSA) is 61.8 Å². The number of hydrogen-bond donors (Lipinski definition) is 0. The van der Waals surface area contributed by atoms with Crippen molar-refractivity contribution in [3.63, 3.8) is 0 Å². The van der Waals surface area contributed by atoms with Crippen LogP contribution in [-0.2, 0) is 9.78 Å². The maximum atomic E-state index is 12.9. The van der Waals surface area contributed by atoms with Crippen molar-refractivity contribution in [2.75, 3.05) is 6.61 Å². The third-order valence-corrected chi connectivity index (χ3v) is 10.8. The van der Waals surface area contributed by atoms with E-state index in [1.165, 1.54) is 24.8 Å². The summed E-state index contributed by atoms with van der Waals surface area (Å²) < 4.78 is 6.39. The van der Waals surface area contributed by atoms with Crippen molar-refractivity contribution in [3.05, 3.63) is 77.4 Å². The Labute approximate surface area is 231 Å². The molecule has 6 bridgehead atoms. The van der Waals surface area contributed by atoms with E-state index in [2.05, 4.69) is 39.8 Å². The SMILES string of the molecule is C[C@@H]1CC[C@H]2C[C@@H]3[C@@H]4COc5cc(ccc5C(=O)OOC(=O)c5ccccc5)C(C4)C[C@@]3(C)/C=C\[C@H]1C2(C)C. The Balaban J connectivity index is 1.24. The molecule has 0 radical (unpaired) electrons. The second-order valence-electron chi connectivity index (χ2n) is 13.4. The van der Waals surface area contributed by atoms with Crippen LogP contribution in [0.5, 0.6) is 5.75 Å². The number of benzene rings is 2. The first kappa shape index (κ1) is 26.2. The van der Waals surface area contributed by atoms with E-state index in [0.717, 1.165) is 18.8 Å². The summed E-state index contributed by atoms with van der Waals surface area (Å²) in [6, 6.07) is 14.2. The van der Waals surface area contributed by atoms with Gasteiger partial charge in [0.15, 0.2) is 0 Å². The number of allylic oxidation sites excluding steroid dienone is 2. The van der Waals surface area contributed by atoms with Crippen LogP contribution in [0.3, 0.4) is 0 Å². The molecule has 4 aliphatic rings. The molecule has 7 atom stereocenters. The van der Waals surface area contributed by atoms with Crippen molar-refractivity contribution in [1.82, 2.24) is 0 Å². The minimum atomic E-state index is -0.727. The highest BCUT2D eigenvalue weighted by molar-refractivity contribution is 5.94. The monoisotopic (exact) mass is 528 g/mol. The molecule has 0 amide bonds. The van der Waals surface area contributed by atoms with E-state index in [0.29, 0.717) is 52.9 Å². The number of fused-ring (bicyclic) bond motifs is 9. The van der Waals surface area contributed by atoms with Crippen LogP contribution in [0, 0.1) is 40.4 Å². The Morgan fingerprint density at radius 2 is 1.72 bits per heavy atom. The van der Waals surface area contributed by atoms with Crippen LogP contribution >= 0.6 is 0 Å². The molecule has 0 aromatic heterocycles. The van der Waals surface area contributed by atoms with Gasteiger partial charge in [-0.3, -0.25) is 0 Å². The molecule has 2 aromatic carbocycles. The second-order valence-corrected chi connectivity index (χ2v) is 13.4. The molecule has 0 saturated heterocycles. The average Bonchev–Trinajstić information content (AvgIpc) is 2.92. The van der Waals surface area contributed by atoms with Crippen LogP contribution in [0.15, 0.2) is 60.7 Å². The normalized spacial score (nSPS) is 35.0. The van der Waals surface area contributed by atoms with Gasteiger partial charge in [-0.2, -0.15) is 0 Å². The highest BCUT2D eigenvalue weighted by Crippen LogP contribution is 2.60. The smallest absolute Gasteiger partial charge is 0.390 e. The van der Waals surface area contributed by atoms with Crippen LogP contribution in [0.4, 0.5) is 0 Å². The molecule has 39 heavy (non-hydrogen) atoms. The zero-order chi connectivity index (χ0) is 27.4. The van der Waals surface area contributed by atoms with Gasteiger partial charge in [-0.1, -0.05) is 64.1 Å². The Bertz CT molecular complexity index is 1280. The molecule has 2 aromatic rings. The van der Waals surface area contributed by atoms with Crippen molar-refractivity contribution >= 4 is 11.9 Å². The Morgan fingerprint density at radius 3 is 2.51 bits per heavy atom. The van der Waals surface area contributed by atoms with Gasteiger partial charge in [0.2, 0.25) is 0 Å². The van der Waals surface area contributed by atoms with Gasteiger partial charge >= 0.3 is 11.9 Å². The van der Waals surface area contributed by atoms with Gasteiger partial charge in [0.25, 0.3) is 0 Å². The number of carbonyl (C=O) groups excluding carboxylic acids is 2. The summed E-state index contributed by atoms with van der Waals surface area (Å²) in [5, 5.41) is 0. The summed E-state index contributed by atoms with van der Waals surface area (Å²) in [6.45, 7) is 10.5. The van der Waals surface area contributed by atoms with Crippen LogP contribution in [0.2, 0.25) is 0 Å². The minimum absolute atomic E-state index is 0.127. The van der Waals surface area contributed by atoms with Gasteiger partial charge in [0.1, 0.15) is 11.3 Å². The molecule has 206 valence electrons. The lowest BCUT2D eigenvalue weighted by molar-refractivity contribution is -0.187. The molecule has 0 N–H and O–H groups in total. The highest BCUT2D eigenvalue weighted by Gasteiger charge is 2.52. The number of carbonyl (C=O) groups is 2. The van der Waals surface area contributed by atoms with Gasteiger partial charge in [-0.25, -0.2) is 19.4 Å². The number of hydrogen-bond acceptors (Lipinski definition) is 5. The molecule has 2 fully saturated rings. The van der Waals surface area contributed by atoms with E-state index in [4.69, 9.17) is 14.5 Å². The predicted molar refractivity (Wildman–Crippen MR) is 149 cm³/mol. The predicted octanol–water partition coefficient (Wildman–Crippen LogP) is 7.77. The van der Waals surface area contributed by atoms with Crippen LogP contribution < -0.4 is 4.74 Å². The van der Waals surface area contributed by atoms with Crippen LogP contribution in [0.1, 0.15) is 92.0 Å². The maximum Gasteiger partial charge on any atom is 0.390 e. The molecule has 3 aliphatic carbocycles. The van der Waals surface area contributed by atoms with Crippen LogP contribution in [-0.4, -0.2) is 18.5 Å². The van der Waals surface area contributed by atoms with Gasteiger partial charge in [-0.15, -0.1) is 0 Å². The maximum absolute atomic E-state index is 12.9. The van der Waals surface area contributed by atoms with Gasteiger partial charge in [0.05, 0.1) is 12.2 Å². The fourth-order valence-electron chi connectivity index (χ4n) is 8.46. The molecule has 1 heterocycles. The van der Waals surface area contributed by atoms with Crippen molar-refractivity contribution < 1.29 is 24.1 Å². The Kier molecular flexibility index (Phi) is 6.60. The van der Waals surface area contributed by atoms with Crippen molar-refractivity contribution in [1.29, 1.82) is 0 Å². The standard InChI is InChI=1S/C34H40O5/c1-21-10-12-26-18-29-25-16-24(19-34(29,4)15-14-28(21)33(26,2)3)23-11-13-27(30(17-23)37-20-25)32(36)39-38-31(35)22-8-6-5-7-9-22/h5-9,11,13-15,17,21,24-26,28-29H,10,12,16,18-20H2,1-4H3/b15-14-/t21-,24?,25+,26+,28-,29-,34-/m1/s1. The van der Waals surface area contributed by atoms with E-state index in [9.17, 15) is 9.59 Å². The summed E-state index contributed by atoms with van der Waals surface area (Å²) in [5.41, 5.74) is 2.23. The number of ether oxygens (including phenoxy) is 1. The van der Waals surface area contributed by atoms with Gasteiger partial charge < -0.3 is 4.74 Å². The lowest BCUT2D eigenvalue weighted by Crippen LogP contribution is -2.48. The summed E-state index contributed by atoms with van der Waals surface area (Å²) >= 11 is 0. The van der Waals surface area contributed by atoms with Gasteiger partial charge in [-0.05, 0) is 108 Å². The van der Waals surface area contributed by atoms with Crippen LogP contribution in [0.25, 0.3) is 0 Å². The first-order valence-electron chi connectivity index (χ1n) is 14.6. The Hall–Kier alpha value is -3.08. The molecule has 6 rings (SSSR count). The summed E-state index contributed by atoms with van der Waals surface area (Å²) in [5.74, 6) is 2.49. The molecule has 5 heteroatoms. The molecule has 2 saturated carbocycles. The van der Waals surface area contributed by atoms with Crippen molar-refractivity contribution in [3.8, 4) is 5.75 Å². The van der Waals surface area contributed by atoms with E-state index in [1.54, 1.807) is 36.4 Å². The Morgan fingerprint density at radius 1 is 0.949 bits per heavy atom. The summed E-state index contributed by atoms with van der Waals surface area (Å²) in [4.78, 5) is 35.0. The lowest BCUT2D eigenvalue weighted by atomic mass is 9.49. The quantitative estimate of drug-likeness (QED) is 0.226. The third kappa shape index (κ3) is 4.68. The minimum Gasteiger partial charge on any atom is -0.492 e. The van der Waals surface area contributed by atoms with Crippen molar-refractivity contribution in [2.45, 2.75) is 65.7 Å². The van der Waals surface area contributed by atoms with E-state index in [-0.39, 0.29) is 11.0 Å². The van der Waals surface area contributed by atoms with Gasteiger partial charge in [0, 0.05) is 0 Å². The molecular weight excluding hydrogens is 488 g/mol. The molecule has 0 spiro atoms. The highest BCUT2D eigenvalue weighted by atomic mass is 17.2. The second kappa shape index (κ2) is 9.83. The number of rotatable bonds is 2. The molecule has 1 aliphatic heterocycles. The molecule has 5 nitrogen and oxygen atoms in total. The molecule has 1 unspecified atom stereocenters. The van der Waals surface area contributed by atoms with Crippen molar-refractivity contribution in [2.24, 2.45) is 40.4 Å². The first-order chi connectivity index (χ1) is 18.7. The van der Waals surface area contributed by atoms with E-state index >= 15 is 0 Å². The zero-order valence-corrected chi connectivity index (χ0v) is 23.5. The summed E-state index contributed by atoms with van der Waals surface area (Å²) in [6.07, 6.45) is 11.2.